The van der Waals surface area contributed by atoms with Crippen molar-refractivity contribution in [2.45, 2.75) is 6.61 Å². The van der Waals surface area contributed by atoms with Crippen molar-refractivity contribution >= 4 is 35.2 Å². The van der Waals surface area contributed by atoms with E-state index in [9.17, 15) is 13.6 Å². The number of aliphatic carboxylic acids is 1. The van der Waals surface area contributed by atoms with Crippen LogP contribution in [0.2, 0.25) is 10.0 Å². The summed E-state index contributed by atoms with van der Waals surface area (Å²) in [6.07, 6.45) is 1.81. The molecule has 0 radical (unpaired) electrons. The highest BCUT2D eigenvalue weighted by Gasteiger charge is 2.12. The summed E-state index contributed by atoms with van der Waals surface area (Å²) in [4.78, 5) is 10.3. The van der Waals surface area contributed by atoms with E-state index >= 15 is 0 Å². The molecule has 92 valence electrons. The highest BCUT2D eigenvalue weighted by Crippen LogP contribution is 2.33. The maximum absolute atomic E-state index is 12.1. The van der Waals surface area contributed by atoms with Crippen molar-refractivity contribution in [2.75, 3.05) is 0 Å². The molecule has 0 aliphatic heterocycles. The number of rotatable bonds is 4. The van der Waals surface area contributed by atoms with Crippen LogP contribution in [0.3, 0.4) is 0 Å². The Labute approximate surface area is 105 Å². The molecule has 0 spiro atoms. The largest absolute Gasteiger partial charge is 0.478 e. The van der Waals surface area contributed by atoms with E-state index in [2.05, 4.69) is 4.74 Å². The predicted octanol–water partition coefficient (Wildman–Crippen LogP) is 3.69. The van der Waals surface area contributed by atoms with E-state index in [1.54, 1.807) is 0 Å². The van der Waals surface area contributed by atoms with Crippen molar-refractivity contribution in [1.29, 1.82) is 0 Å². The second-order valence-electron chi connectivity index (χ2n) is 2.85. The van der Waals surface area contributed by atoms with E-state index in [4.69, 9.17) is 28.3 Å². The first kappa shape index (κ1) is 13.7. The number of benzene rings is 1. The van der Waals surface area contributed by atoms with Crippen molar-refractivity contribution < 1.29 is 23.4 Å². The van der Waals surface area contributed by atoms with Gasteiger partial charge in [-0.05, 0) is 18.2 Å². The monoisotopic (exact) mass is 282 g/mol. The lowest BCUT2D eigenvalue weighted by molar-refractivity contribution is -0.131. The Hall–Kier alpha value is -1.33. The van der Waals surface area contributed by atoms with E-state index in [1.165, 1.54) is 6.07 Å². The van der Waals surface area contributed by atoms with Gasteiger partial charge >= 0.3 is 12.6 Å². The van der Waals surface area contributed by atoms with E-state index in [1.807, 2.05) is 0 Å². The molecule has 1 aromatic rings. The van der Waals surface area contributed by atoms with E-state index in [0.717, 1.165) is 18.2 Å². The van der Waals surface area contributed by atoms with Gasteiger partial charge in [-0.2, -0.15) is 8.78 Å². The molecule has 0 aliphatic carbocycles. The van der Waals surface area contributed by atoms with Gasteiger partial charge in [0.05, 0.1) is 5.02 Å². The minimum Gasteiger partial charge on any atom is -0.478 e. The molecule has 0 saturated carbocycles. The molecule has 0 fully saturated rings. The summed E-state index contributed by atoms with van der Waals surface area (Å²) in [5.74, 6) is -1.52. The normalized spacial score (nSPS) is 11.1. The van der Waals surface area contributed by atoms with Gasteiger partial charge in [-0.15, -0.1) is 0 Å². The molecule has 0 bridgehead atoms. The number of carboxylic acid groups (broad SMARTS) is 1. The molecule has 1 rings (SSSR count). The van der Waals surface area contributed by atoms with Crippen LogP contribution in [-0.2, 0) is 4.79 Å². The molecule has 0 amide bonds. The third-order valence-corrected chi connectivity index (χ3v) is 2.20. The highest BCUT2D eigenvalue weighted by molar-refractivity contribution is 6.36. The quantitative estimate of drug-likeness (QED) is 0.857. The molecule has 0 unspecified atom stereocenters. The van der Waals surface area contributed by atoms with Gasteiger partial charge in [0.1, 0.15) is 5.75 Å². The number of carbonyl (C=O) groups is 1. The van der Waals surface area contributed by atoms with Crippen molar-refractivity contribution in [3.05, 3.63) is 33.8 Å². The van der Waals surface area contributed by atoms with Crippen molar-refractivity contribution in [2.24, 2.45) is 0 Å². The zero-order valence-corrected chi connectivity index (χ0v) is 9.67. The van der Waals surface area contributed by atoms with E-state index in [0.29, 0.717) is 0 Å². The van der Waals surface area contributed by atoms with Crippen LogP contribution in [0.4, 0.5) is 8.78 Å². The molecule has 1 N–H and O–H groups in total. The molecule has 3 nitrogen and oxygen atoms in total. The van der Waals surface area contributed by atoms with Crippen molar-refractivity contribution in [3.63, 3.8) is 0 Å². The summed E-state index contributed by atoms with van der Waals surface area (Å²) >= 11 is 11.4. The second-order valence-corrected chi connectivity index (χ2v) is 3.69. The lowest BCUT2D eigenvalue weighted by atomic mass is 10.2. The van der Waals surface area contributed by atoms with Gasteiger partial charge in [0, 0.05) is 16.7 Å². The Morgan fingerprint density at radius 2 is 2.06 bits per heavy atom. The first-order chi connectivity index (χ1) is 7.90. The van der Waals surface area contributed by atoms with Crippen LogP contribution in [0.5, 0.6) is 5.75 Å². The average molecular weight is 283 g/mol. The lowest BCUT2D eigenvalue weighted by Crippen LogP contribution is -2.03. The first-order valence-electron chi connectivity index (χ1n) is 4.25. The SMILES string of the molecule is O=C(O)C=Cc1c(Cl)cc(Cl)cc1OC(F)F. The smallest absolute Gasteiger partial charge is 0.387 e. The minimum atomic E-state index is -3.05. The van der Waals surface area contributed by atoms with Gasteiger partial charge in [0.15, 0.2) is 0 Å². The van der Waals surface area contributed by atoms with Crippen LogP contribution in [-0.4, -0.2) is 17.7 Å². The van der Waals surface area contributed by atoms with Crippen molar-refractivity contribution in [1.82, 2.24) is 0 Å². The van der Waals surface area contributed by atoms with Gasteiger partial charge < -0.3 is 9.84 Å². The molecular formula is C10H6Cl2F2O3. The molecule has 0 aliphatic rings. The molecule has 0 saturated heterocycles. The molecule has 0 heterocycles. The summed E-state index contributed by atoms with van der Waals surface area (Å²) in [5, 5.41) is 8.58. The summed E-state index contributed by atoms with van der Waals surface area (Å²) < 4.78 is 28.4. The standard InChI is InChI=1S/C10H6Cl2F2O3/c11-5-3-7(12)6(1-2-9(15)16)8(4-5)17-10(13)14/h1-4,10H,(H,15,16). The predicted molar refractivity (Wildman–Crippen MR) is 59.8 cm³/mol. The number of alkyl halides is 2. The number of hydrogen-bond donors (Lipinski definition) is 1. The minimum absolute atomic E-state index is 0.0191. The van der Waals surface area contributed by atoms with Crippen LogP contribution < -0.4 is 4.74 Å². The zero-order valence-electron chi connectivity index (χ0n) is 8.16. The number of carboxylic acids is 1. The average Bonchev–Trinajstić information content (AvgIpc) is 2.14. The zero-order chi connectivity index (χ0) is 13.0. The molecule has 1 aromatic carbocycles. The van der Waals surface area contributed by atoms with Gasteiger partial charge in [-0.25, -0.2) is 4.79 Å². The van der Waals surface area contributed by atoms with E-state index < -0.39 is 12.6 Å². The van der Waals surface area contributed by atoms with Gasteiger partial charge in [0.2, 0.25) is 0 Å². The number of hydrogen-bond acceptors (Lipinski definition) is 2. The maximum Gasteiger partial charge on any atom is 0.387 e. The van der Waals surface area contributed by atoms with E-state index in [-0.39, 0.29) is 21.4 Å². The van der Waals surface area contributed by atoms with Crippen LogP contribution in [0, 0.1) is 0 Å². The highest BCUT2D eigenvalue weighted by atomic mass is 35.5. The van der Waals surface area contributed by atoms with Gasteiger partial charge in [-0.3, -0.25) is 0 Å². The first-order valence-corrected chi connectivity index (χ1v) is 5.00. The van der Waals surface area contributed by atoms with Gasteiger partial charge in [-0.1, -0.05) is 23.2 Å². The van der Waals surface area contributed by atoms with Crippen molar-refractivity contribution in [3.8, 4) is 5.75 Å². The number of ether oxygens (including phenoxy) is 1. The topological polar surface area (TPSA) is 46.5 Å². The Kier molecular flexibility index (Phi) is 4.72. The lowest BCUT2D eigenvalue weighted by Gasteiger charge is -2.10. The van der Waals surface area contributed by atoms with Crippen LogP contribution >= 0.6 is 23.2 Å². The Balaban J connectivity index is 3.20. The summed E-state index contributed by atoms with van der Waals surface area (Å²) in [5.41, 5.74) is 0.0266. The van der Waals surface area contributed by atoms with Crippen LogP contribution in [0.25, 0.3) is 6.08 Å². The molecule has 17 heavy (non-hydrogen) atoms. The maximum atomic E-state index is 12.1. The third-order valence-electron chi connectivity index (χ3n) is 1.66. The van der Waals surface area contributed by atoms with Gasteiger partial charge in [0.25, 0.3) is 0 Å². The fourth-order valence-corrected chi connectivity index (χ4v) is 1.61. The molecule has 0 aromatic heterocycles. The Morgan fingerprint density at radius 1 is 1.41 bits per heavy atom. The fourth-order valence-electron chi connectivity index (χ4n) is 1.07. The summed E-state index contributed by atoms with van der Waals surface area (Å²) in [7, 11) is 0. The second kappa shape index (κ2) is 5.84. The Bertz CT molecular complexity index is 461. The third kappa shape index (κ3) is 4.20. The Morgan fingerprint density at radius 3 is 2.59 bits per heavy atom. The number of halogens is 4. The van der Waals surface area contributed by atoms with Crippen LogP contribution in [0.1, 0.15) is 5.56 Å². The summed E-state index contributed by atoms with van der Waals surface area (Å²) in [6, 6.07) is 2.42. The van der Waals surface area contributed by atoms with Crippen LogP contribution in [0.15, 0.2) is 18.2 Å². The molecule has 7 heteroatoms. The molecule has 0 atom stereocenters. The fraction of sp³-hybridized carbons (Fsp3) is 0.100. The summed E-state index contributed by atoms with van der Waals surface area (Å²) in [6.45, 7) is -3.05. The molecular weight excluding hydrogens is 277 g/mol.